The van der Waals surface area contributed by atoms with E-state index in [-0.39, 0.29) is 11.7 Å². The second kappa shape index (κ2) is 6.23. The second-order valence-electron chi connectivity index (χ2n) is 5.02. The predicted molar refractivity (Wildman–Crippen MR) is 74.3 cm³/mol. The van der Waals surface area contributed by atoms with Crippen molar-refractivity contribution in [1.29, 1.82) is 0 Å². The van der Waals surface area contributed by atoms with Crippen LogP contribution in [-0.4, -0.2) is 16.9 Å². The van der Waals surface area contributed by atoms with Crippen LogP contribution < -0.4 is 16.8 Å². The van der Waals surface area contributed by atoms with Crippen LogP contribution in [0, 0.1) is 5.92 Å². The van der Waals surface area contributed by atoms with Gasteiger partial charge < -0.3 is 16.8 Å². The molecule has 1 heterocycles. The lowest BCUT2D eigenvalue weighted by Crippen LogP contribution is -2.20. The van der Waals surface area contributed by atoms with Crippen molar-refractivity contribution in [1.82, 2.24) is 4.98 Å². The molecule has 1 amide bonds. The fourth-order valence-corrected chi connectivity index (χ4v) is 1.61. The Balaban J connectivity index is 2.71. The zero-order valence-electron chi connectivity index (χ0n) is 11.2. The topological polar surface area (TPSA) is 94.0 Å². The van der Waals surface area contributed by atoms with E-state index in [0.717, 1.165) is 12.8 Å². The zero-order valence-corrected chi connectivity index (χ0v) is 11.2. The highest BCUT2D eigenvalue weighted by Gasteiger charge is 2.10. The minimum absolute atomic E-state index is 0.225. The molecule has 1 atom stereocenters. The van der Waals surface area contributed by atoms with E-state index in [4.69, 9.17) is 11.5 Å². The van der Waals surface area contributed by atoms with Crippen molar-refractivity contribution in [3.05, 3.63) is 17.8 Å². The molecule has 18 heavy (non-hydrogen) atoms. The van der Waals surface area contributed by atoms with Gasteiger partial charge in [0.2, 0.25) is 0 Å². The predicted octanol–water partition coefficient (Wildman–Crippen LogP) is 2.00. The van der Waals surface area contributed by atoms with E-state index in [1.165, 1.54) is 6.07 Å². The summed E-state index contributed by atoms with van der Waals surface area (Å²) in [6.45, 7) is 6.44. The third kappa shape index (κ3) is 4.24. The Bertz CT molecular complexity index is 417. The molecule has 0 fully saturated rings. The average Bonchev–Trinajstić information content (AvgIpc) is 2.29. The molecule has 0 aliphatic carbocycles. The number of nitrogens with one attached hydrogen (secondary N) is 1. The van der Waals surface area contributed by atoms with Gasteiger partial charge in [-0.1, -0.05) is 13.8 Å². The van der Waals surface area contributed by atoms with Gasteiger partial charge >= 0.3 is 0 Å². The SMILES string of the molecule is CC(C)CCC(C)Nc1nc(C(N)=O)ccc1N. The first-order valence-corrected chi connectivity index (χ1v) is 6.23. The van der Waals surface area contributed by atoms with E-state index in [1.54, 1.807) is 6.07 Å². The largest absolute Gasteiger partial charge is 0.396 e. The average molecular weight is 250 g/mol. The highest BCUT2D eigenvalue weighted by atomic mass is 16.1. The summed E-state index contributed by atoms with van der Waals surface area (Å²) in [4.78, 5) is 15.2. The maximum absolute atomic E-state index is 11.1. The number of hydrogen-bond donors (Lipinski definition) is 3. The highest BCUT2D eigenvalue weighted by Crippen LogP contribution is 2.18. The number of nitrogens with zero attached hydrogens (tertiary/aromatic N) is 1. The molecule has 1 rings (SSSR count). The molecule has 0 saturated carbocycles. The number of amides is 1. The van der Waals surface area contributed by atoms with Gasteiger partial charge in [0.25, 0.3) is 5.91 Å². The van der Waals surface area contributed by atoms with Crippen molar-refractivity contribution in [2.45, 2.75) is 39.7 Å². The van der Waals surface area contributed by atoms with E-state index >= 15 is 0 Å². The Kier molecular flexibility index (Phi) is 4.95. The first-order valence-electron chi connectivity index (χ1n) is 6.23. The number of nitrogen functional groups attached to an aromatic ring is 1. The number of primary amides is 1. The van der Waals surface area contributed by atoms with E-state index < -0.39 is 5.91 Å². The molecule has 0 saturated heterocycles. The molecule has 0 radical (unpaired) electrons. The molecule has 0 bridgehead atoms. The van der Waals surface area contributed by atoms with Crippen molar-refractivity contribution in [2.75, 3.05) is 11.1 Å². The molecule has 0 aliphatic rings. The van der Waals surface area contributed by atoms with Gasteiger partial charge in [0.05, 0.1) is 5.69 Å². The molecule has 1 aromatic heterocycles. The third-order valence-corrected chi connectivity index (χ3v) is 2.74. The van der Waals surface area contributed by atoms with Gasteiger partial charge in [-0.25, -0.2) is 4.98 Å². The van der Waals surface area contributed by atoms with Crippen LogP contribution >= 0.6 is 0 Å². The van der Waals surface area contributed by atoms with Crippen molar-refractivity contribution in [3.8, 4) is 0 Å². The molecule has 1 aromatic rings. The van der Waals surface area contributed by atoms with Gasteiger partial charge in [0.1, 0.15) is 11.5 Å². The van der Waals surface area contributed by atoms with Crippen LogP contribution in [0.25, 0.3) is 0 Å². The van der Waals surface area contributed by atoms with Crippen LogP contribution in [0.1, 0.15) is 44.1 Å². The standard InChI is InChI=1S/C13H22N4O/c1-8(2)4-5-9(3)16-13-10(14)6-7-11(17-13)12(15)18/h6-9H,4-5,14H2,1-3H3,(H2,15,18)(H,16,17). The molecule has 100 valence electrons. The summed E-state index contributed by atoms with van der Waals surface area (Å²) in [5.41, 5.74) is 11.8. The summed E-state index contributed by atoms with van der Waals surface area (Å²) in [6, 6.07) is 3.43. The van der Waals surface area contributed by atoms with Crippen LogP contribution in [0.15, 0.2) is 12.1 Å². The summed E-state index contributed by atoms with van der Waals surface area (Å²) < 4.78 is 0. The summed E-state index contributed by atoms with van der Waals surface area (Å²) in [5, 5.41) is 3.22. The molecule has 5 heteroatoms. The number of anilines is 2. The third-order valence-electron chi connectivity index (χ3n) is 2.74. The van der Waals surface area contributed by atoms with Gasteiger partial charge in [-0.05, 0) is 37.8 Å². The number of carbonyl (C=O) groups is 1. The molecule has 1 unspecified atom stereocenters. The Morgan fingerprint density at radius 1 is 1.33 bits per heavy atom. The molecule has 5 nitrogen and oxygen atoms in total. The second-order valence-corrected chi connectivity index (χ2v) is 5.02. The fourth-order valence-electron chi connectivity index (χ4n) is 1.61. The summed E-state index contributed by atoms with van der Waals surface area (Å²) >= 11 is 0. The summed E-state index contributed by atoms with van der Waals surface area (Å²) in [5.74, 6) is 0.645. The lowest BCUT2D eigenvalue weighted by Gasteiger charge is -2.17. The van der Waals surface area contributed by atoms with E-state index in [9.17, 15) is 4.79 Å². The first-order chi connectivity index (χ1) is 8.40. The molecular formula is C13H22N4O. The summed E-state index contributed by atoms with van der Waals surface area (Å²) in [6.07, 6.45) is 2.16. The number of rotatable bonds is 6. The molecule has 0 aromatic carbocycles. The minimum Gasteiger partial charge on any atom is -0.396 e. The van der Waals surface area contributed by atoms with Gasteiger partial charge in [0, 0.05) is 6.04 Å². The summed E-state index contributed by atoms with van der Waals surface area (Å²) in [7, 11) is 0. The van der Waals surface area contributed by atoms with Gasteiger partial charge in [-0.15, -0.1) is 0 Å². The normalized spacial score (nSPS) is 12.4. The van der Waals surface area contributed by atoms with Gasteiger partial charge in [-0.3, -0.25) is 4.79 Å². The molecule has 5 N–H and O–H groups in total. The van der Waals surface area contributed by atoms with Crippen LogP contribution in [0.4, 0.5) is 11.5 Å². The molecule has 0 spiro atoms. The lowest BCUT2D eigenvalue weighted by molar-refractivity contribution is 0.0995. The van der Waals surface area contributed by atoms with Crippen molar-refractivity contribution >= 4 is 17.4 Å². The van der Waals surface area contributed by atoms with Gasteiger partial charge in [-0.2, -0.15) is 0 Å². The van der Waals surface area contributed by atoms with Gasteiger partial charge in [0.15, 0.2) is 0 Å². The lowest BCUT2D eigenvalue weighted by atomic mass is 10.0. The van der Waals surface area contributed by atoms with E-state index in [0.29, 0.717) is 17.4 Å². The van der Waals surface area contributed by atoms with Crippen LogP contribution in [0.3, 0.4) is 0 Å². The van der Waals surface area contributed by atoms with Crippen LogP contribution in [0.5, 0.6) is 0 Å². The number of aromatic nitrogens is 1. The Morgan fingerprint density at radius 3 is 2.56 bits per heavy atom. The van der Waals surface area contributed by atoms with E-state index in [2.05, 4.69) is 31.1 Å². The Morgan fingerprint density at radius 2 is 2.00 bits per heavy atom. The van der Waals surface area contributed by atoms with E-state index in [1.807, 2.05) is 0 Å². The maximum atomic E-state index is 11.1. The monoisotopic (exact) mass is 250 g/mol. The highest BCUT2D eigenvalue weighted by molar-refractivity contribution is 5.91. The zero-order chi connectivity index (χ0) is 13.7. The Labute approximate surface area is 108 Å². The smallest absolute Gasteiger partial charge is 0.267 e. The van der Waals surface area contributed by atoms with Crippen molar-refractivity contribution < 1.29 is 4.79 Å². The molecule has 0 aliphatic heterocycles. The fraction of sp³-hybridized carbons (Fsp3) is 0.538. The van der Waals surface area contributed by atoms with Crippen LogP contribution in [-0.2, 0) is 0 Å². The Hall–Kier alpha value is -1.78. The minimum atomic E-state index is -0.548. The quantitative estimate of drug-likeness (QED) is 0.719. The van der Waals surface area contributed by atoms with Crippen molar-refractivity contribution in [2.24, 2.45) is 11.7 Å². The number of nitrogens with two attached hydrogens (primary N) is 2. The molecular weight excluding hydrogens is 228 g/mol. The number of carbonyl (C=O) groups excluding carboxylic acids is 1. The number of hydrogen-bond acceptors (Lipinski definition) is 4. The first kappa shape index (κ1) is 14.3. The maximum Gasteiger partial charge on any atom is 0.267 e. The van der Waals surface area contributed by atoms with Crippen LogP contribution in [0.2, 0.25) is 0 Å². The number of pyridine rings is 1. The van der Waals surface area contributed by atoms with Crippen molar-refractivity contribution in [3.63, 3.8) is 0 Å².